The molecule has 0 aromatic heterocycles. The van der Waals surface area contributed by atoms with Gasteiger partial charge in [-0.3, -0.25) is 9.59 Å². The molecule has 1 unspecified atom stereocenters. The molecule has 6 heteroatoms. The Morgan fingerprint density at radius 2 is 2.11 bits per heavy atom. The summed E-state index contributed by atoms with van der Waals surface area (Å²) in [5.41, 5.74) is 5.78. The highest BCUT2D eigenvalue weighted by atomic mass is 16.5. The number of carbonyl (C=O) groups is 2. The largest absolute Gasteiger partial charge is 0.492 e. The van der Waals surface area contributed by atoms with Gasteiger partial charge in [-0.15, -0.1) is 0 Å². The van der Waals surface area contributed by atoms with Crippen molar-refractivity contribution in [2.24, 2.45) is 5.73 Å². The molecule has 6 nitrogen and oxygen atoms in total. The summed E-state index contributed by atoms with van der Waals surface area (Å²) in [6.45, 7) is 2.31. The van der Waals surface area contributed by atoms with Crippen LogP contribution >= 0.6 is 0 Å². The average molecular weight is 252 g/mol. The number of hydrogen-bond acceptors (Lipinski definition) is 4. The lowest BCUT2D eigenvalue weighted by Crippen LogP contribution is -2.34. The van der Waals surface area contributed by atoms with E-state index in [2.05, 4.69) is 5.32 Å². The van der Waals surface area contributed by atoms with Gasteiger partial charge < -0.3 is 20.9 Å². The molecule has 0 aliphatic carbocycles. The number of benzene rings is 1. The molecule has 4 N–H and O–H groups in total. The Balaban J connectivity index is 2.66. The van der Waals surface area contributed by atoms with Crippen LogP contribution in [0.25, 0.3) is 0 Å². The smallest absolute Gasteiger partial charge is 0.321 e. The first-order valence-corrected chi connectivity index (χ1v) is 5.54. The number of carbonyl (C=O) groups excluding carboxylic acids is 1. The van der Waals surface area contributed by atoms with Crippen molar-refractivity contribution in [2.75, 3.05) is 11.9 Å². The van der Waals surface area contributed by atoms with E-state index in [1.807, 2.05) is 6.92 Å². The number of aliphatic carboxylic acids is 1. The Bertz CT molecular complexity index is 434. The Kier molecular flexibility index (Phi) is 5.13. The third kappa shape index (κ3) is 4.06. The van der Waals surface area contributed by atoms with E-state index in [0.717, 1.165) is 0 Å². The molecule has 0 aliphatic heterocycles. The zero-order chi connectivity index (χ0) is 13.5. The lowest BCUT2D eigenvalue weighted by atomic mass is 10.2. The van der Waals surface area contributed by atoms with Crippen molar-refractivity contribution >= 4 is 17.6 Å². The van der Waals surface area contributed by atoms with E-state index in [9.17, 15) is 9.59 Å². The summed E-state index contributed by atoms with van der Waals surface area (Å²) in [5, 5.41) is 11.2. The third-order valence-corrected chi connectivity index (χ3v) is 2.18. The van der Waals surface area contributed by atoms with Gasteiger partial charge in [-0.25, -0.2) is 0 Å². The number of nitrogens with one attached hydrogen (secondary N) is 1. The van der Waals surface area contributed by atoms with Crippen LogP contribution in [0.1, 0.15) is 13.3 Å². The molecule has 1 aromatic carbocycles. The molecule has 0 aliphatic rings. The van der Waals surface area contributed by atoms with Crippen molar-refractivity contribution in [1.29, 1.82) is 0 Å². The Morgan fingerprint density at radius 1 is 1.44 bits per heavy atom. The number of rotatable bonds is 6. The summed E-state index contributed by atoms with van der Waals surface area (Å²) in [6, 6.07) is 5.72. The van der Waals surface area contributed by atoms with Gasteiger partial charge in [0, 0.05) is 0 Å². The predicted molar refractivity (Wildman–Crippen MR) is 66.5 cm³/mol. The number of carboxylic acid groups (broad SMARTS) is 1. The first kappa shape index (κ1) is 14.0. The second-order valence-corrected chi connectivity index (χ2v) is 3.63. The van der Waals surface area contributed by atoms with Crippen molar-refractivity contribution in [2.45, 2.75) is 19.4 Å². The van der Waals surface area contributed by atoms with E-state index >= 15 is 0 Å². The van der Waals surface area contributed by atoms with E-state index in [1.165, 1.54) is 0 Å². The molecule has 0 spiro atoms. The van der Waals surface area contributed by atoms with Gasteiger partial charge in [0.15, 0.2) is 0 Å². The van der Waals surface area contributed by atoms with Crippen LogP contribution in [0.2, 0.25) is 0 Å². The maximum atomic E-state index is 11.6. The van der Waals surface area contributed by atoms with E-state index in [1.54, 1.807) is 24.3 Å². The molecule has 1 amide bonds. The lowest BCUT2D eigenvalue weighted by Gasteiger charge is -2.12. The quantitative estimate of drug-likeness (QED) is 0.696. The zero-order valence-corrected chi connectivity index (χ0v) is 10.1. The molecular weight excluding hydrogens is 236 g/mol. The number of hydrogen-bond donors (Lipinski definition) is 3. The molecule has 1 rings (SSSR count). The highest BCUT2D eigenvalue weighted by molar-refractivity contribution is 5.95. The number of amides is 1. The SMILES string of the molecule is CCOc1ccccc1NC(=O)CC(N)C(=O)O. The summed E-state index contributed by atoms with van der Waals surface area (Å²) in [4.78, 5) is 22.1. The van der Waals surface area contributed by atoms with E-state index in [4.69, 9.17) is 15.6 Å². The first-order valence-electron chi connectivity index (χ1n) is 5.54. The van der Waals surface area contributed by atoms with E-state index in [-0.39, 0.29) is 6.42 Å². The first-order chi connectivity index (χ1) is 8.54. The molecule has 0 bridgehead atoms. The molecule has 0 fully saturated rings. The summed E-state index contributed by atoms with van der Waals surface area (Å²) in [6.07, 6.45) is -0.282. The number of ether oxygens (including phenoxy) is 1. The van der Waals surface area contributed by atoms with Gasteiger partial charge in [0.1, 0.15) is 11.8 Å². The van der Waals surface area contributed by atoms with Crippen molar-refractivity contribution in [3.05, 3.63) is 24.3 Å². The van der Waals surface area contributed by atoms with Crippen molar-refractivity contribution < 1.29 is 19.4 Å². The molecular formula is C12H16N2O4. The number of carboxylic acids is 1. The second kappa shape index (κ2) is 6.61. The molecule has 0 heterocycles. The number of para-hydroxylation sites is 2. The van der Waals surface area contributed by atoms with Crippen LogP contribution in [-0.2, 0) is 9.59 Å². The monoisotopic (exact) mass is 252 g/mol. The molecule has 0 saturated carbocycles. The van der Waals surface area contributed by atoms with Crippen LogP contribution in [0.15, 0.2) is 24.3 Å². The molecule has 18 heavy (non-hydrogen) atoms. The van der Waals surface area contributed by atoms with Crippen LogP contribution in [0.4, 0.5) is 5.69 Å². The Morgan fingerprint density at radius 3 is 2.72 bits per heavy atom. The van der Waals surface area contributed by atoms with Crippen LogP contribution in [0, 0.1) is 0 Å². The Hall–Kier alpha value is -2.08. The van der Waals surface area contributed by atoms with E-state index in [0.29, 0.717) is 18.0 Å². The predicted octanol–water partition coefficient (Wildman–Crippen LogP) is 0.826. The fourth-order valence-electron chi connectivity index (χ4n) is 1.34. The average Bonchev–Trinajstić information content (AvgIpc) is 2.31. The minimum Gasteiger partial charge on any atom is -0.492 e. The van der Waals surface area contributed by atoms with Crippen LogP contribution < -0.4 is 15.8 Å². The Labute approximate surface area is 105 Å². The molecule has 0 saturated heterocycles. The lowest BCUT2D eigenvalue weighted by molar-refractivity contribution is -0.140. The maximum absolute atomic E-state index is 11.6. The minimum absolute atomic E-state index is 0.282. The van der Waals surface area contributed by atoms with Crippen LogP contribution in [0.5, 0.6) is 5.75 Å². The van der Waals surface area contributed by atoms with Crippen molar-refractivity contribution in [3.8, 4) is 5.75 Å². The highest BCUT2D eigenvalue weighted by Gasteiger charge is 2.17. The summed E-state index contributed by atoms with van der Waals surface area (Å²) >= 11 is 0. The van der Waals surface area contributed by atoms with Gasteiger partial charge >= 0.3 is 5.97 Å². The number of anilines is 1. The van der Waals surface area contributed by atoms with Gasteiger partial charge in [-0.2, -0.15) is 0 Å². The molecule has 98 valence electrons. The van der Waals surface area contributed by atoms with Gasteiger partial charge in [0.05, 0.1) is 18.7 Å². The summed E-state index contributed by atoms with van der Waals surface area (Å²) in [5.74, 6) is -1.13. The van der Waals surface area contributed by atoms with Crippen molar-refractivity contribution in [3.63, 3.8) is 0 Å². The molecule has 0 radical (unpaired) electrons. The number of nitrogens with two attached hydrogens (primary N) is 1. The fraction of sp³-hybridized carbons (Fsp3) is 0.333. The third-order valence-electron chi connectivity index (χ3n) is 2.18. The summed E-state index contributed by atoms with van der Waals surface area (Å²) in [7, 11) is 0. The minimum atomic E-state index is -1.21. The normalized spacial score (nSPS) is 11.7. The van der Waals surface area contributed by atoms with Crippen LogP contribution in [-0.4, -0.2) is 29.6 Å². The standard InChI is InChI=1S/C12H16N2O4/c1-2-18-10-6-4-3-5-9(10)14-11(15)7-8(13)12(16)17/h3-6,8H,2,7,13H2,1H3,(H,14,15)(H,16,17). The molecule has 1 atom stereocenters. The zero-order valence-electron chi connectivity index (χ0n) is 10.1. The fourth-order valence-corrected chi connectivity index (χ4v) is 1.34. The van der Waals surface area contributed by atoms with Crippen LogP contribution in [0.3, 0.4) is 0 Å². The van der Waals surface area contributed by atoms with Gasteiger partial charge in [-0.1, -0.05) is 12.1 Å². The van der Waals surface area contributed by atoms with Gasteiger partial charge in [0.2, 0.25) is 5.91 Å². The van der Waals surface area contributed by atoms with Crippen molar-refractivity contribution in [1.82, 2.24) is 0 Å². The molecule has 1 aromatic rings. The maximum Gasteiger partial charge on any atom is 0.321 e. The summed E-state index contributed by atoms with van der Waals surface area (Å²) < 4.78 is 5.33. The topological polar surface area (TPSA) is 102 Å². The van der Waals surface area contributed by atoms with E-state index < -0.39 is 17.9 Å². The van der Waals surface area contributed by atoms with Gasteiger partial charge in [0.25, 0.3) is 0 Å². The second-order valence-electron chi connectivity index (χ2n) is 3.63. The van der Waals surface area contributed by atoms with Gasteiger partial charge in [-0.05, 0) is 19.1 Å². The highest BCUT2D eigenvalue weighted by Crippen LogP contribution is 2.23.